The molecule has 0 aliphatic carbocycles. The Morgan fingerprint density at radius 2 is 1.07 bits per heavy atom. The first-order valence-electron chi connectivity index (χ1n) is 5.40. The van der Waals surface area contributed by atoms with E-state index < -0.39 is 21.6 Å². The highest BCUT2D eigenvalue weighted by Crippen LogP contribution is 1.98. The monoisotopic (exact) mass is 238 g/mol. The fourth-order valence-electron chi connectivity index (χ4n) is 1.19. The predicted molar refractivity (Wildman–Crippen MR) is 65.6 cm³/mol. The molecule has 2 unspecified atom stereocenters. The van der Waals surface area contributed by atoms with Crippen LogP contribution in [0.3, 0.4) is 0 Å². The third kappa shape index (κ3) is 8.88. The summed E-state index contributed by atoms with van der Waals surface area (Å²) >= 11 is 0. The number of unbranched alkanes of at least 4 members (excludes halogenated alkanes) is 1. The van der Waals surface area contributed by atoms with Crippen molar-refractivity contribution in [2.75, 3.05) is 23.0 Å². The second-order valence-electron chi connectivity index (χ2n) is 3.40. The summed E-state index contributed by atoms with van der Waals surface area (Å²) in [4.78, 5) is 0. The Morgan fingerprint density at radius 3 is 1.36 bits per heavy atom. The molecular formula is C10H22O2S2. The Kier molecular flexibility index (Phi) is 10.1. The Labute approximate surface area is 92.8 Å². The lowest BCUT2D eigenvalue weighted by atomic mass is 10.4. The Morgan fingerprint density at radius 1 is 0.714 bits per heavy atom. The van der Waals surface area contributed by atoms with Gasteiger partial charge in [-0.15, -0.1) is 0 Å². The first-order chi connectivity index (χ1) is 6.70. The zero-order chi connectivity index (χ0) is 10.8. The lowest BCUT2D eigenvalue weighted by Crippen LogP contribution is -2.05. The van der Waals surface area contributed by atoms with E-state index in [-0.39, 0.29) is 0 Å². The molecule has 0 saturated carbocycles. The van der Waals surface area contributed by atoms with Crippen LogP contribution in [0.15, 0.2) is 0 Å². The maximum absolute atomic E-state index is 11.2. The molecule has 0 amide bonds. The summed E-state index contributed by atoms with van der Waals surface area (Å²) < 4.78 is 22.5. The number of hydrogen-bond donors (Lipinski definition) is 0. The van der Waals surface area contributed by atoms with Crippen molar-refractivity contribution < 1.29 is 8.42 Å². The first kappa shape index (κ1) is 14.3. The van der Waals surface area contributed by atoms with E-state index in [4.69, 9.17) is 0 Å². The van der Waals surface area contributed by atoms with Crippen LogP contribution in [0.5, 0.6) is 0 Å². The Bertz CT molecular complexity index is 161. The second-order valence-corrected chi connectivity index (χ2v) is 6.80. The van der Waals surface area contributed by atoms with Crippen LogP contribution >= 0.6 is 0 Å². The summed E-state index contributed by atoms with van der Waals surface area (Å²) in [7, 11) is -1.27. The van der Waals surface area contributed by atoms with Gasteiger partial charge in [-0.25, -0.2) is 0 Å². The van der Waals surface area contributed by atoms with Crippen LogP contribution in [-0.2, 0) is 21.6 Å². The highest BCUT2D eigenvalue weighted by molar-refractivity contribution is 7.85. The van der Waals surface area contributed by atoms with Crippen LogP contribution in [0.2, 0.25) is 0 Å². The minimum absolute atomic E-state index is 0.637. The molecule has 14 heavy (non-hydrogen) atoms. The molecule has 2 nitrogen and oxygen atoms in total. The average Bonchev–Trinajstić information content (AvgIpc) is 2.13. The van der Waals surface area contributed by atoms with Crippen molar-refractivity contribution in [1.29, 1.82) is 0 Å². The van der Waals surface area contributed by atoms with Crippen molar-refractivity contribution in [3.05, 3.63) is 0 Å². The second kappa shape index (κ2) is 9.84. The Balaban J connectivity index is 3.28. The van der Waals surface area contributed by atoms with Gasteiger partial charge >= 0.3 is 0 Å². The summed E-state index contributed by atoms with van der Waals surface area (Å²) in [5.74, 6) is 3.21. The standard InChI is InChI=1S/C10H22O2S2/c1-3-7-13(11)9-5-6-10-14(12)8-4-2/h3-10H2,1-2H3. The lowest BCUT2D eigenvalue weighted by Gasteiger charge is -2.01. The SMILES string of the molecule is CCCS(=O)CCCCS(=O)CCC. The molecule has 0 aromatic carbocycles. The molecule has 86 valence electrons. The van der Waals surface area contributed by atoms with Crippen molar-refractivity contribution in [1.82, 2.24) is 0 Å². The number of rotatable bonds is 9. The van der Waals surface area contributed by atoms with Gasteiger partial charge in [-0.2, -0.15) is 0 Å². The van der Waals surface area contributed by atoms with Gasteiger partial charge in [0.2, 0.25) is 0 Å². The highest BCUT2D eigenvalue weighted by Gasteiger charge is 2.00. The maximum atomic E-state index is 11.2. The molecule has 0 fully saturated rings. The summed E-state index contributed by atoms with van der Waals surface area (Å²) in [5.41, 5.74) is 0. The molecule has 0 aliphatic rings. The average molecular weight is 238 g/mol. The lowest BCUT2D eigenvalue weighted by molar-refractivity contribution is 0.672. The van der Waals surface area contributed by atoms with E-state index in [0.29, 0.717) is 0 Å². The zero-order valence-corrected chi connectivity index (χ0v) is 10.9. The third-order valence-electron chi connectivity index (χ3n) is 1.86. The highest BCUT2D eigenvalue weighted by atomic mass is 32.2. The first-order valence-corrected chi connectivity index (χ1v) is 8.38. The van der Waals surface area contributed by atoms with Crippen molar-refractivity contribution in [3.63, 3.8) is 0 Å². The van der Waals surface area contributed by atoms with Crippen molar-refractivity contribution in [2.24, 2.45) is 0 Å². The predicted octanol–water partition coefficient (Wildman–Crippen LogP) is 2.08. The minimum atomic E-state index is -0.637. The fraction of sp³-hybridized carbons (Fsp3) is 1.00. The molecule has 0 heterocycles. The summed E-state index contributed by atoms with van der Waals surface area (Å²) in [6.07, 6.45) is 3.91. The maximum Gasteiger partial charge on any atom is 0.0235 e. The molecule has 0 saturated heterocycles. The molecular weight excluding hydrogens is 216 g/mol. The molecule has 2 atom stereocenters. The van der Waals surface area contributed by atoms with Crippen LogP contribution in [0.4, 0.5) is 0 Å². The van der Waals surface area contributed by atoms with Crippen LogP contribution < -0.4 is 0 Å². The summed E-state index contributed by atoms with van der Waals surface area (Å²) in [6, 6.07) is 0. The van der Waals surface area contributed by atoms with E-state index in [0.717, 1.165) is 48.7 Å². The van der Waals surface area contributed by atoms with Gasteiger partial charge in [-0.3, -0.25) is 8.42 Å². The topological polar surface area (TPSA) is 34.1 Å². The van der Waals surface area contributed by atoms with Crippen LogP contribution in [0.25, 0.3) is 0 Å². The van der Waals surface area contributed by atoms with Crippen molar-refractivity contribution in [2.45, 2.75) is 39.5 Å². The molecule has 0 aliphatic heterocycles. The van der Waals surface area contributed by atoms with E-state index in [2.05, 4.69) is 0 Å². The summed E-state index contributed by atoms with van der Waals surface area (Å²) in [6.45, 7) is 4.10. The molecule has 4 heteroatoms. The van der Waals surface area contributed by atoms with Gasteiger partial charge in [-0.05, 0) is 25.7 Å². The van der Waals surface area contributed by atoms with E-state index in [1.54, 1.807) is 0 Å². The van der Waals surface area contributed by atoms with Gasteiger partial charge in [0.05, 0.1) is 0 Å². The molecule has 0 aromatic rings. The van der Waals surface area contributed by atoms with Crippen molar-refractivity contribution >= 4 is 21.6 Å². The molecule has 0 radical (unpaired) electrons. The van der Waals surface area contributed by atoms with Crippen LogP contribution in [0, 0.1) is 0 Å². The largest absolute Gasteiger partial charge is 0.260 e. The van der Waals surface area contributed by atoms with Crippen LogP contribution in [0.1, 0.15) is 39.5 Å². The number of hydrogen-bond acceptors (Lipinski definition) is 2. The molecule has 0 spiro atoms. The van der Waals surface area contributed by atoms with Gasteiger partial charge in [0.25, 0.3) is 0 Å². The van der Waals surface area contributed by atoms with Gasteiger partial charge < -0.3 is 0 Å². The smallest absolute Gasteiger partial charge is 0.0235 e. The van der Waals surface area contributed by atoms with Crippen molar-refractivity contribution in [3.8, 4) is 0 Å². The third-order valence-corrected chi connectivity index (χ3v) is 5.07. The quantitative estimate of drug-likeness (QED) is 0.576. The van der Waals surface area contributed by atoms with Gasteiger partial charge in [0.1, 0.15) is 0 Å². The molecule has 0 N–H and O–H groups in total. The van der Waals surface area contributed by atoms with E-state index in [1.807, 2.05) is 13.8 Å². The normalized spacial score (nSPS) is 15.3. The molecule has 0 bridgehead atoms. The van der Waals surface area contributed by atoms with E-state index in [9.17, 15) is 8.42 Å². The Hall–Kier alpha value is 0.300. The molecule has 0 aromatic heterocycles. The molecule has 0 rings (SSSR count). The van der Waals surface area contributed by atoms with E-state index >= 15 is 0 Å². The van der Waals surface area contributed by atoms with Gasteiger partial charge in [0.15, 0.2) is 0 Å². The fourth-order valence-corrected chi connectivity index (χ4v) is 3.56. The van der Waals surface area contributed by atoms with E-state index in [1.165, 1.54) is 0 Å². The van der Waals surface area contributed by atoms with Crippen LogP contribution in [-0.4, -0.2) is 31.4 Å². The summed E-state index contributed by atoms with van der Waals surface area (Å²) in [5, 5.41) is 0. The zero-order valence-electron chi connectivity index (χ0n) is 9.29. The van der Waals surface area contributed by atoms with Gasteiger partial charge in [-0.1, -0.05) is 13.8 Å². The van der Waals surface area contributed by atoms with Gasteiger partial charge in [0, 0.05) is 44.6 Å². The minimum Gasteiger partial charge on any atom is -0.260 e.